The SMILES string of the molecule is COS(=O)(=O)C(CP=O)OC(C)=O. The van der Waals surface area contributed by atoms with Gasteiger partial charge >= 0.3 is 16.1 Å². The fourth-order valence-corrected chi connectivity index (χ4v) is 2.12. The smallest absolute Gasteiger partial charge is 0.306 e. The summed E-state index contributed by atoms with van der Waals surface area (Å²) in [5.41, 5.74) is -1.51. The van der Waals surface area contributed by atoms with E-state index >= 15 is 0 Å². The first-order valence-electron chi connectivity index (χ1n) is 3.19. The number of rotatable bonds is 5. The van der Waals surface area contributed by atoms with Crippen LogP contribution in [-0.2, 0) is 28.4 Å². The Balaban J connectivity index is 4.60. The second-order valence-electron chi connectivity index (χ2n) is 2.01. The minimum Gasteiger partial charge on any atom is -0.443 e. The summed E-state index contributed by atoms with van der Waals surface area (Å²) in [7, 11) is -3.46. The van der Waals surface area contributed by atoms with Crippen molar-refractivity contribution < 1.29 is 26.7 Å². The van der Waals surface area contributed by atoms with Crippen LogP contribution in [-0.4, -0.2) is 33.1 Å². The van der Waals surface area contributed by atoms with Crippen molar-refractivity contribution in [2.45, 2.75) is 12.4 Å². The summed E-state index contributed by atoms with van der Waals surface area (Å²) in [6, 6.07) is 0. The molecule has 0 spiro atoms. The van der Waals surface area contributed by atoms with E-state index in [0.29, 0.717) is 0 Å². The van der Waals surface area contributed by atoms with E-state index in [0.717, 1.165) is 14.0 Å². The quantitative estimate of drug-likeness (QED) is 0.378. The lowest BCUT2D eigenvalue weighted by Crippen LogP contribution is -2.29. The molecule has 0 aromatic heterocycles. The lowest BCUT2D eigenvalue weighted by atomic mass is 10.7. The van der Waals surface area contributed by atoms with Crippen molar-refractivity contribution in [3.8, 4) is 0 Å². The Bertz CT molecular complexity index is 283. The first-order valence-corrected chi connectivity index (χ1v) is 5.66. The summed E-state index contributed by atoms with van der Waals surface area (Å²) in [5, 5.41) is 0. The van der Waals surface area contributed by atoms with Gasteiger partial charge < -0.3 is 4.74 Å². The highest BCUT2D eigenvalue weighted by atomic mass is 32.2. The van der Waals surface area contributed by atoms with Crippen LogP contribution in [0.3, 0.4) is 0 Å². The molecule has 0 heterocycles. The molecule has 0 amide bonds. The molecule has 0 aromatic rings. The van der Waals surface area contributed by atoms with Crippen LogP contribution >= 0.6 is 8.46 Å². The van der Waals surface area contributed by atoms with Crippen LogP contribution in [0.15, 0.2) is 0 Å². The van der Waals surface area contributed by atoms with Crippen LogP contribution in [0.2, 0.25) is 0 Å². The molecule has 0 bridgehead atoms. The maximum absolute atomic E-state index is 11.0. The molecule has 8 heteroatoms. The van der Waals surface area contributed by atoms with E-state index in [-0.39, 0.29) is 6.16 Å². The molecule has 0 aliphatic rings. The van der Waals surface area contributed by atoms with Gasteiger partial charge in [0.15, 0.2) is 8.46 Å². The van der Waals surface area contributed by atoms with Crippen molar-refractivity contribution in [1.29, 1.82) is 0 Å². The molecule has 0 aliphatic carbocycles. The van der Waals surface area contributed by atoms with Gasteiger partial charge in [-0.3, -0.25) is 13.5 Å². The van der Waals surface area contributed by atoms with Gasteiger partial charge in [0.1, 0.15) is 0 Å². The third kappa shape index (κ3) is 4.31. The number of hydrogen-bond acceptors (Lipinski definition) is 6. The van der Waals surface area contributed by atoms with Gasteiger partial charge in [0.05, 0.1) is 13.3 Å². The standard InChI is InChI=1S/C5H9O6PS/c1-4(6)11-5(3-12-7)13(8,9)10-2/h5H,3H2,1-2H3. The van der Waals surface area contributed by atoms with Gasteiger partial charge in [-0.25, -0.2) is 0 Å². The number of hydrogen-bond donors (Lipinski definition) is 0. The number of carbonyl (C=O) groups is 1. The second-order valence-corrected chi connectivity index (χ2v) is 4.48. The summed E-state index contributed by atoms with van der Waals surface area (Å²) in [6.45, 7) is 1.06. The normalized spacial score (nSPS) is 14.0. The van der Waals surface area contributed by atoms with E-state index in [1.54, 1.807) is 0 Å². The summed E-state index contributed by atoms with van der Waals surface area (Å²) >= 11 is 0. The van der Waals surface area contributed by atoms with Crippen LogP contribution in [0.1, 0.15) is 6.92 Å². The molecule has 76 valence electrons. The first-order chi connectivity index (χ1) is 5.94. The van der Waals surface area contributed by atoms with Gasteiger partial charge in [-0.15, -0.1) is 0 Å². The molecule has 0 rings (SSSR count). The van der Waals surface area contributed by atoms with Crippen molar-refractivity contribution in [3.63, 3.8) is 0 Å². The minimum absolute atomic E-state index is 0.338. The Labute approximate surface area is 77.5 Å². The highest BCUT2D eigenvalue weighted by Crippen LogP contribution is 2.10. The van der Waals surface area contributed by atoms with E-state index in [1.807, 2.05) is 0 Å². The zero-order chi connectivity index (χ0) is 10.5. The Kier molecular flexibility index (Phi) is 5.05. The van der Waals surface area contributed by atoms with Crippen molar-refractivity contribution in [3.05, 3.63) is 0 Å². The topological polar surface area (TPSA) is 86.7 Å². The van der Waals surface area contributed by atoms with Gasteiger partial charge in [0, 0.05) is 6.92 Å². The lowest BCUT2D eigenvalue weighted by molar-refractivity contribution is -0.142. The zero-order valence-electron chi connectivity index (χ0n) is 7.09. The summed E-state index contributed by atoms with van der Waals surface area (Å²) in [6.07, 6.45) is -0.338. The second kappa shape index (κ2) is 5.26. The third-order valence-electron chi connectivity index (χ3n) is 1.08. The first kappa shape index (κ1) is 12.5. The zero-order valence-corrected chi connectivity index (χ0v) is 8.80. The molecule has 13 heavy (non-hydrogen) atoms. The Morgan fingerprint density at radius 2 is 2.08 bits per heavy atom. The number of ether oxygens (including phenoxy) is 1. The highest BCUT2D eigenvalue weighted by Gasteiger charge is 2.28. The molecule has 0 N–H and O–H groups in total. The van der Waals surface area contributed by atoms with Crippen LogP contribution < -0.4 is 0 Å². The highest BCUT2D eigenvalue weighted by molar-refractivity contribution is 7.87. The van der Waals surface area contributed by atoms with Gasteiger partial charge in [0.2, 0.25) is 5.44 Å². The maximum Gasteiger partial charge on any atom is 0.306 e. The molecule has 0 aliphatic heterocycles. The van der Waals surface area contributed by atoms with Crippen molar-refractivity contribution in [2.75, 3.05) is 13.3 Å². The predicted molar refractivity (Wildman–Crippen MR) is 44.0 cm³/mol. The van der Waals surface area contributed by atoms with Gasteiger partial charge in [-0.1, -0.05) is 0 Å². The number of esters is 1. The van der Waals surface area contributed by atoms with E-state index in [4.69, 9.17) is 0 Å². The molecule has 0 saturated heterocycles. The summed E-state index contributed by atoms with van der Waals surface area (Å²) in [5.74, 6) is -0.769. The molecule has 0 fully saturated rings. The molecule has 0 aromatic carbocycles. The predicted octanol–water partition coefficient (Wildman–Crippen LogP) is 0.143. The maximum atomic E-state index is 11.0. The minimum atomic E-state index is -3.97. The molecule has 0 radical (unpaired) electrons. The van der Waals surface area contributed by atoms with E-state index in [2.05, 4.69) is 8.92 Å². The molecule has 1 atom stereocenters. The monoisotopic (exact) mass is 228 g/mol. The Morgan fingerprint density at radius 1 is 1.54 bits per heavy atom. The fourth-order valence-electron chi connectivity index (χ4n) is 0.541. The van der Waals surface area contributed by atoms with Crippen molar-refractivity contribution >= 4 is 24.5 Å². The van der Waals surface area contributed by atoms with Crippen LogP contribution in [0.5, 0.6) is 0 Å². The van der Waals surface area contributed by atoms with Crippen LogP contribution in [0.4, 0.5) is 0 Å². The molecule has 1 unspecified atom stereocenters. The van der Waals surface area contributed by atoms with Gasteiger partial charge in [-0.2, -0.15) is 8.42 Å². The largest absolute Gasteiger partial charge is 0.443 e. The molecule has 0 saturated carbocycles. The van der Waals surface area contributed by atoms with E-state index in [9.17, 15) is 17.8 Å². The molecular formula is C5H9O6PS. The Hall–Kier alpha value is -0.520. The van der Waals surface area contributed by atoms with Crippen molar-refractivity contribution in [2.24, 2.45) is 0 Å². The average molecular weight is 228 g/mol. The van der Waals surface area contributed by atoms with E-state index in [1.165, 1.54) is 0 Å². The molecule has 6 nitrogen and oxygen atoms in total. The Morgan fingerprint density at radius 3 is 2.38 bits per heavy atom. The molecular weight excluding hydrogens is 219 g/mol. The fraction of sp³-hybridized carbons (Fsp3) is 0.800. The summed E-state index contributed by atoms with van der Waals surface area (Å²) < 4.78 is 40.6. The third-order valence-corrected chi connectivity index (χ3v) is 3.17. The summed E-state index contributed by atoms with van der Waals surface area (Å²) in [4.78, 5) is 10.4. The number of carbonyl (C=O) groups excluding carboxylic acids is 1. The average Bonchev–Trinajstić information content (AvgIpc) is 2.03. The van der Waals surface area contributed by atoms with Crippen molar-refractivity contribution in [1.82, 2.24) is 0 Å². The van der Waals surface area contributed by atoms with E-state index < -0.39 is 30.0 Å². The van der Waals surface area contributed by atoms with Gasteiger partial charge in [0.25, 0.3) is 0 Å². The lowest BCUT2D eigenvalue weighted by Gasteiger charge is -2.12. The van der Waals surface area contributed by atoms with Crippen LogP contribution in [0, 0.1) is 0 Å². The van der Waals surface area contributed by atoms with Gasteiger partial charge in [-0.05, 0) is 0 Å². The van der Waals surface area contributed by atoms with Crippen LogP contribution in [0.25, 0.3) is 0 Å².